The number of hydrogen-bond donors (Lipinski definition) is 1. The number of aryl methyl sites for hydroxylation is 1. The highest BCUT2D eigenvalue weighted by Gasteiger charge is 2.22. The maximum atomic E-state index is 13.6. The van der Waals surface area contributed by atoms with E-state index in [1.807, 2.05) is 37.3 Å². The van der Waals surface area contributed by atoms with Gasteiger partial charge in [-0.15, -0.1) is 0 Å². The Balaban J connectivity index is 1.64. The molecule has 0 saturated carbocycles. The molecule has 0 aliphatic carbocycles. The van der Waals surface area contributed by atoms with Gasteiger partial charge < -0.3 is 9.73 Å². The van der Waals surface area contributed by atoms with Crippen LogP contribution in [0.1, 0.15) is 11.1 Å². The summed E-state index contributed by atoms with van der Waals surface area (Å²) in [5, 5.41) is 3.92. The molecule has 1 amide bonds. The Kier molecular flexibility index (Phi) is 5.55. The van der Waals surface area contributed by atoms with Gasteiger partial charge in [0, 0.05) is 17.0 Å². The molecule has 2 heterocycles. The molecule has 0 saturated heterocycles. The van der Waals surface area contributed by atoms with Crippen LogP contribution in [0.4, 0.5) is 0 Å². The first kappa shape index (κ1) is 21.7. The van der Waals surface area contributed by atoms with Crippen LogP contribution in [0.25, 0.3) is 27.8 Å². The van der Waals surface area contributed by atoms with Gasteiger partial charge in [-0.3, -0.25) is 14.2 Å². The van der Waals surface area contributed by atoms with E-state index in [9.17, 15) is 14.4 Å². The fraction of sp³-hybridized carbons (Fsp3) is 0.115. The summed E-state index contributed by atoms with van der Waals surface area (Å²) in [7, 11) is 0. The van der Waals surface area contributed by atoms with E-state index in [4.69, 9.17) is 16.0 Å². The van der Waals surface area contributed by atoms with Crippen LogP contribution in [0.15, 0.2) is 86.8 Å². The second-order valence-electron chi connectivity index (χ2n) is 7.99. The van der Waals surface area contributed by atoms with Gasteiger partial charge in [0.05, 0.1) is 5.69 Å². The SMILES string of the molecule is Cc1ccc(-n2c(=O)c3oc4ccccc4c3n(CC(=O)NCc3ccccc3Cl)c2=O)cc1. The number of nitrogens with one attached hydrogen (secondary N) is 1. The van der Waals surface area contributed by atoms with E-state index < -0.39 is 17.2 Å². The number of benzene rings is 3. The van der Waals surface area contributed by atoms with Crippen LogP contribution in [0.5, 0.6) is 0 Å². The molecule has 0 aliphatic heterocycles. The van der Waals surface area contributed by atoms with Gasteiger partial charge >= 0.3 is 11.2 Å². The number of aromatic nitrogens is 2. The summed E-state index contributed by atoms with van der Waals surface area (Å²) >= 11 is 6.18. The van der Waals surface area contributed by atoms with Gasteiger partial charge in [-0.2, -0.15) is 0 Å². The fourth-order valence-electron chi connectivity index (χ4n) is 3.95. The topological polar surface area (TPSA) is 86.2 Å². The third-order valence-electron chi connectivity index (χ3n) is 5.69. The fourth-order valence-corrected chi connectivity index (χ4v) is 4.16. The Bertz CT molecular complexity index is 1660. The average molecular weight is 474 g/mol. The van der Waals surface area contributed by atoms with Crippen molar-refractivity contribution >= 4 is 39.6 Å². The maximum absolute atomic E-state index is 13.6. The van der Waals surface area contributed by atoms with Gasteiger partial charge in [-0.1, -0.05) is 59.6 Å². The molecule has 0 atom stereocenters. The standard InChI is InChI=1S/C26H20ClN3O4/c1-16-10-12-18(13-11-16)30-25(32)24-23(19-7-3-5-9-21(19)34-24)29(26(30)33)15-22(31)28-14-17-6-2-4-8-20(17)27/h2-13H,14-15H2,1H3,(H,28,31). The average Bonchev–Trinajstić information content (AvgIpc) is 3.22. The molecule has 1 N–H and O–H groups in total. The number of carbonyl (C=O) groups excluding carboxylic acids is 1. The third-order valence-corrected chi connectivity index (χ3v) is 6.06. The highest BCUT2D eigenvalue weighted by molar-refractivity contribution is 6.31. The Labute approximate surface area is 198 Å². The molecule has 2 aromatic heterocycles. The summed E-state index contributed by atoms with van der Waals surface area (Å²) in [5.41, 5.74) is 1.71. The number of halogens is 1. The summed E-state index contributed by atoms with van der Waals surface area (Å²) in [6.07, 6.45) is 0. The minimum absolute atomic E-state index is 0.0141. The van der Waals surface area contributed by atoms with Crippen LogP contribution in [-0.4, -0.2) is 15.0 Å². The van der Waals surface area contributed by atoms with E-state index in [2.05, 4.69) is 5.32 Å². The van der Waals surface area contributed by atoms with E-state index in [0.717, 1.165) is 15.7 Å². The summed E-state index contributed by atoms with van der Waals surface area (Å²) in [5.74, 6) is -0.400. The Morgan fingerprint density at radius 1 is 0.971 bits per heavy atom. The second kappa shape index (κ2) is 8.68. The molecule has 0 fully saturated rings. The van der Waals surface area contributed by atoms with E-state index >= 15 is 0 Å². The molecule has 0 spiro atoms. The van der Waals surface area contributed by atoms with Crippen LogP contribution in [-0.2, 0) is 17.9 Å². The highest BCUT2D eigenvalue weighted by Crippen LogP contribution is 2.26. The van der Waals surface area contributed by atoms with Crippen molar-refractivity contribution in [3.63, 3.8) is 0 Å². The largest absolute Gasteiger partial charge is 0.449 e. The molecule has 0 aliphatic rings. The minimum atomic E-state index is -0.624. The number of amides is 1. The Morgan fingerprint density at radius 3 is 2.44 bits per heavy atom. The van der Waals surface area contributed by atoms with Gasteiger partial charge in [-0.25, -0.2) is 9.36 Å². The van der Waals surface area contributed by atoms with Crippen molar-refractivity contribution in [3.05, 3.63) is 110 Å². The number of hydrogen-bond acceptors (Lipinski definition) is 4. The van der Waals surface area contributed by atoms with E-state index in [0.29, 0.717) is 27.2 Å². The molecule has 0 radical (unpaired) electrons. The number of carbonyl (C=O) groups is 1. The highest BCUT2D eigenvalue weighted by atomic mass is 35.5. The number of furan rings is 1. The zero-order valence-electron chi connectivity index (χ0n) is 18.2. The zero-order chi connectivity index (χ0) is 23.8. The van der Waals surface area contributed by atoms with Crippen LogP contribution >= 0.6 is 11.6 Å². The van der Waals surface area contributed by atoms with Gasteiger partial charge in [0.15, 0.2) is 0 Å². The van der Waals surface area contributed by atoms with Crippen molar-refractivity contribution in [1.82, 2.24) is 14.5 Å². The van der Waals surface area contributed by atoms with Crippen LogP contribution in [0, 0.1) is 6.92 Å². The Morgan fingerprint density at radius 2 is 1.68 bits per heavy atom. The first-order chi connectivity index (χ1) is 16.4. The van der Waals surface area contributed by atoms with Crippen molar-refractivity contribution in [2.24, 2.45) is 0 Å². The van der Waals surface area contributed by atoms with Crippen molar-refractivity contribution < 1.29 is 9.21 Å². The van der Waals surface area contributed by atoms with Gasteiger partial charge in [0.25, 0.3) is 0 Å². The van der Waals surface area contributed by atoms with Gasteiger partial charge in [-0.05, 0) is 42.8 Å². The lowest BCUT2D eigenvalue weighted by molar-refractivity contribution is -0.121. The molecule has 0 bridgehead atoms. The first-order valence-corrected chi connectivity index (χ1v) is 11.1. The van der Waals surface area contributed by atoms with E-state index in [1.54, 1.807) is 42.5 Å². The summed E-state index contributed by atoms with van der Waals surface area (Å²) < 4.78 is 8.16. The van der Waals surface area contributed by atoms with E-state index in [-0.39, 0.29) is 18.7 Å². The molecule has 8 heteroatoms. The normalized spacial score (nSPS) is 11.2. The third kappa shape index (κ3) is 3.80. The number of rotatable bonds is 5. The molecule has 34 heavy (non-hydrogen) atoms. The lowest BCUT2D eigenvalue weighted by Gasteiger charge is -2.13. The minimum Gasteiger partial charge on any atom is -0.449 e. The predicted molar refractivity (Wildman–Crippen MR) is 132 cm³/mol. The first-order valence-electron chi connectivity index (χ1n) is 10.7. The Hall–Kier alpha value is -4.10. The monoisotopic (exact) mass is 473 g/mol. The number of fused-ring (bicyclic) bond motifs is 3. The quantitative estimate of drug-likeness (QED) is 0.415. The number of para-hydroxylation sites is 1. The summed E-state index contributed by atoms with van der Waals surface area (Å²) in [6.45, 7) is 1.83. The number of nitrogens with zero attached hydrogens (tertiary/aromatic N) is 2. The molecule has 5 aromatic rings. The van der Waals surface area contributed by atoms with Crippen LogP contribution in [0.2, 0.25) is 5.02 Å². The van der Waals surface area contributed by atoms with Crippen LogP contribution in [0.3, 0.4) is 0 Å². The van der Waals surface area contributed by atoms with Crippen molar-refractivity contribution in [3.8, 4) is 5.69 Å². The molecule has 3 aromatic carbocycles. The summed E-state index contributed by atoms with van der Waals surface area (Å²) in [6, 6.07) is 21.2. The maximum Gasteiger partial charge on any atom is 0.336 e. The zero-order valence-corrected chi connectivity index (χ0v) is 19.0. The van der Waals surface area contributed by atoms with Gasteiger partial charge in [0.1, 0.15) is 17.6 Å². The molecule has 170 valence electrons. The lowest BCUT2D eigenvalue weighted by atomic mass is 10.2. The second-order valence-corrected chi connectivity index (χ2v) is 8.40. The molecule has 7 nitrogen and oxygen atoms in total. The lowest BCUT2D eigenvalue weighted by Crippen LogP contribution is -2.41. The summed E-state index contributed by atoms with van der Waals surface area (Å²) in [4.78, 5) is 39.8. The van der Waals surface area contributed by atoms with Crippen molar-refractivity contribution in [2.75, 3.05) is 0 Å². The predicted octanol–water partition coefficient (Wildman–Crippen LogP) is 4.18. The van der Waals surface area contributed by atoms with E-state index in [1.165, 1.54) is 4.57 Å². The van der Waals surface area contributed by atoms with Crippen LogP contribution < -0.4 is 16.6 Å². The van der Waals surface area contributed by atoms with Crippen molar-refractivity contribution in [2.45, 2.75) is 20.0 Å². The molecular weight excluding hydrogens is 454 g/mol. The van der Waals surface area contributed by atoms with Gasteiger partial charge in [0.2, 0.25) is 11.5 Å². The molecule has 5 rings (SSSR count). The smallest absolute Gasteiger partial charge is 0.336 e. The molecular formula is C26H20ClN3O4. The van der Waals surface area contributed by atoms with Crippen molar-refractivity contribution in [1.29, 1.82) is 0 Å². The molecule has 0 unspecified atom stereocenters.